The van der Waals surface area contributed by atoms with Gasteiger partial charge in [0.1, 0.15) is 6.04 Å². The van der Waals surface area contributed by atoms with Crippen molar-refractivity contribution in [2.24, 2.45) is 0 Å². The lowest BCUT2D eigenvalue weighted by molar-refractivity contribution is -0.147. The molecule has 0 bridgehead atoms. The Kier molecular flexibility index (Phi) is 4.79. The minimum Gasteiger partial charge on any atom is -0.464 e. The molecule has 1 saturated heterocycles. The fraction of sp³-hybridized carbons (Fsp3) is 0.429. The molecule has 1 aliphatic rings. The van der Waals surface area contributed by atoms with Crippen LogP contribution in [0.1, 0.15) is 30.1 Å². The summed E-state index contributed by atoms with van der Waals surface area (Å²) in [5, 5.41) is 0. The largest absolute Gasteiger partial charge is 0.464 e. The molecule has 2 rings (SSSR count). The molecule has 0 saturated carbocycles. The van der Waals surface area contributed by atoms with Crippen molar-refractivity contribution in [3.8, 4) is 0 Å². The number of rotatable bonds is 3. The first kappa shape index (κ1) is 14.3. The summed E-state index contributed by atoms with van der Waals surface area (Å²) in [6, 6.07) is 6.99. The third-order valence-electron chi connectivity index (χ3n) is 3.18. The zero-order valence-electron chi connectivity index (χ0n) is 10.8. The number of likely N-dealkylation sites (tertiary alicyclic amines) is 1. The average molecular weight is 373 g/mol. The molecule has 1 aromatic rings. The van der Waals surface area contributed by atoms with E-state index in [0.717, 1.165) is 9.99 Å². The van der Waals surface area contributed by atoms with E-state index in [-0.39, 0.29) is 11.9 Å². The molecule has 0 radical (unpaired) electrons. The number of carbonyl (C=O) groups excluding carboxylic acids is 2. The van der Waals surface area contributed by atoms with Gasteiger partial charge in [0, 0.05) is 10.1 Å². The minimum atomic E-state index is -0.427. The number of nitrogens with zero attached hydrogens (tertiary/aromatic N) is 1. The minimum absolute atomic E-state index is 0.0828. The van der Waals surface area contributed by atoms with E-state index in [2.05, 4.69) is 22.6 Å². The first-order valence-electron chi connectivity index (χ1n) is 6.37. The lowest BCUT2D eigenvalue weighted by atomic mass is 10.1. The zero-order chi connectivity index (χ0) is 13.8. The second-order valence-electron chi connectivity index (χ2n) is 4.39. The van der Waals surface area contributed by atoms with Gasteiger partial charge in [-0.1, -0.05) is 12.1 Å². The van der Waals surface area contributed by atoms with Crippen LogP contribution in [-0.4, -0.2) is 36.0 Å². The second kappa shape index (κ2) is 6.36. The number of carbonyl (C=O) groups is 2. The summed E-state index contributed by atoms with van der Waals surface area (Å²) in [5.74, 6) is -0.375. The van der Waals surface area contributed by atoms with Crippen LogP contribution in [-0.2, 0) is 9.53 Å². The second-order valence-corrected chi connectivity index (χ2v) is 5.55. The number of amides is 1. The van der Waals surface area contributed by atoms with Crippen molar-refractivity contribution >= 4 is 34.5 Å². The van der Waals surface area contributed by atoms with Crippen LogP contribution in [0.25, 0.3) is 0 Å². The number of hydrogen-bond donors (Lipinski definition) is 0. The molecule has 1 heterocycles. The van der Waals surface area contributed by atoms with Crippen LogP contribution in [0.5, 0.6) is 0 Å². The quantitative estimate of drug-likeness (QED) is 0.604. The standard InChI is InChI=1S/C14H16INO3/c1-2-19-14(18)12-8-5-9-16(12)13(17)10-6-3-4-7-11(10)15/h3-4,6-7,12H,2,5,8-9H2,1H3. The summed E-state index contributed by atoms with van der Waals surface area (Å²) in [6.45, 7) is 2.74. The van der Waals surface area contributed by atoms with Crippen molar-refractivity contribution in [3.05, 3.63) is 33.4 Å². The first-order chi connectivity index (χ1) is 9.15. The van der Waals surface area contributed by atoms with Crippen LogP contribution in [0.2, 0.25) is 0 Å². The molecule has 0 spiro atoms. The predicted octanol–water partition coefficient (Wildman–Crippen LogP) is 2.46. The van der Waals surface area contributed by atoms with E-state index in [0.29, 0.717) is 25.1 Å². The molecular weight excluding hydrogens is 357 g/mol. The van der Waals surface area contributed by atoms with Crippen molar-refractivity contribution in [2.75, 3.05) is 13.2 Å². The monoisotopic (exact) mass is 373 g/mol. The van der Waals surface area contributed by atoms with Gasteiger partial charge in [-0.2, -0.15) is 0 Å². The number of halogens is 1. The topological polar surface area (TPSA) is 46.6 Å². The molecule has 1 fully saturated rings. The van der Waals surface area contributed by atoms with Gasteiger partial charge in [0.05, 0.1) is 12.2 Å². The van der Waals surface area contributed by atoms with Crippen LogP contribution in [0.15, 0.2) is 24.3 Å². The maximum absolute atomic E-state index is 12.5. The van der Waals surface area contributed by atoms with Gasteiger partial charge in [0.15, 0.2) is 0 Å². The molecule has 4 nitrogen and oxygen atoms in total. The molecule has 1 unspecified atom stereocenters. The normalized spacial score (nSPS) is 18.4. The maximum atomic E-state index is 12.5. The van der Waals surface area contributed by atoms with E-state index >= 15 is 0 Å². The molecule has 5 heteroatoms. The predicted molar refractivity (Wildman–Crippen MR) is 79.9 cm³/mol. The Morgan fingerprint density at radius 2 is 2.16 bits per heavy atom. The average Bonchev–Trinajstić information content (AvgIpc) is 2.88. The van der Waals surface area contributed by atoms with Gasteiger partial charge < -0.3 is 9.64 Å². The van der Waals surface area contributed by atoms with Crippen LogP contribution in [0, 0.1) is 3.57 Å². The van der Waals surface area contributed by atoms with Crippen LogP contribution < -0.4 is 0 Å². The van der Waals surface area contributed by atoms with Crippen molar-refractivity contribution in [2.45, 2.75) is 25.8 Å². The van der Waals surface area contributed by atoms with E-state index in [1.54, 1.807) is 17.9 Å². The Hall–Kier alpha value is -1.11. The van der Waals surface area contributed by atoms with E-state index in [4.69, 9.17) is 4.74 Å². The fourth-order valence-electron chi connectivity index (χ4n) is 2.28. The molecule has 1 aromatic carbocycles. The van der Waals surface area contributed by atoms with Gasteiger partial charge in [-0.25, -0.2) is 4.79 Å². The van der Waals surface area contributed by atoms with Crippen molar-refractivity contribution in [3.63, 3.8) is 0 Å². The van der Waals surface area contributed by atoms with Gasteiger partial charge in [-0.15, -0.1) is 0 Å². The number of ether oxygens (including phenoxy) is 1. The summed E-state index contributed by atoms with van der Waals surface area (Å²) in [7, 11) is 0. The number of hydrogen-bond acceptors (Lipinski definition) is 3. The molecular formula is C14H16INO3. The smallest absolute Gasteiger partial charge is 0.328 e. The van der Waals surface area contributed by atoms with Gasteiger partial charge in [-0.3, -0.25) is 4.79 Å². The summed E-state index contributed by atoms with van der Waals surface area (Å²) < 4.78 is 5.94. The molecule has 1 atom stereocenters. The lowest BCUT2D eigenvalue weighted by Crippen LogP contribution is -2.41. The molecule has 19 heavy (non-hydrogen) atoms. The van der Waals surface area contributed by atoms with E-state index in [1.165, 1.54) is 0 Å². The molecule has 0 aliphatic carbocycles. The summed E-state index contributed by atoms with van der Waals surface area (Å²) in [6.07, 6.45) is 1.53. The van der Waals surface area contributed by atoms with Crippen LogP contribution >= 0.6 is 22.6 Å². The van der Waals surface area contributed by atoms with Gasteiger partial charge >= 0.3 is 5.97 Å². The maximum Gasteiger partial charge on any atom is 0.328 e. The van der Waals surface area contributed by atoms with Crippen molar-refractivity contribution < 1.29 is 14.3 Å². The molecule has 102 valence electrons. The Bertz CT molecular complexity index is 489. The third kappa shape index (κ3) is 3.08. The highest BCUT2D eigenvalue weighted by Crippen LogP contribution is 2.23. The molecule has 0 aromatic heterocycles. The van der Waals surface area contributed by atoms with Gasteiger partial charge in [0.25, 0.3) is 5.91 Å². The molecule has 1 amide bonds. The number of esters is 1. The molecule has 1 aliphatic heterocycles. The zero-order valence-corrected chi connectivity index (χ0v) is 12.9. The highest BCUT2D eigenvalue weighted by atomic mass is 127. The number of benzene rings is 1. The van der Waals surface area contributed by atoms with Crippen LogP contribution in [0.4, 0.5) is 0 Å². The highest BCUT2D eigenvalue weighted by molar-refractivity contribution is 14.1. The SMILES string of the molecule is CCOC(=O)C1CCCN1C(=O)c1ccccc1I. The van der Waals surface area contributed by atoms with Gasteiger partial charge in [-0.05, 0) is 54.5 Å². The highest BCUT2D eigenvalue weighted by Gasteiger charge is 2.35. The Morgan fingerprint density at radius 3 is 2.84 bits per heavy atom. The van der Waals surface area contributed by atoms with Crippen molar-refractivity contribution in [1.29, 1.82) is 0 Å². The van der Waals surface area contributed by atoms with E-state index in [1.807, 2.05) is 18.2 Å². The third-order valence-corrected chi connectivity index (χ3v) is 4.12. The summed E-state index contributed by atoms with van der Waals surface area (Å²) in [5.41, 5.74) is 0.652. The van der Waals surface area contributed by atoms with Crippen molar-refractivity contribution in [1.82, 2.24) is 4.90 Å². The molecule has 0 N–H and O–H groups in total. The van der Waals surface area contributed by atoms with E-state index in [9.17, 15) is 9.59 Å². The van der Waals surface area contributed by atoms with Gasteiger partial charge in [0.2, 0.25) is 0 Å². The first-order valence-corrected chi connectivity index (χ1v) is 7.45. The summed E-state index contributed by atoms with van der Waals surface area (Å²) in [4.78, 5) is 26.0. The Balaban J connectivity index is 2.19. The fourth-order valence-corrected chi connectivity index (χ4v) is 2.90. The van der Waals surface area contributed by atoms with E-state index < -0.39 is 6.04 Å². The van der Waals surface area contributed by atoms with Crippen LogP contribution in [0.3, 0.4) is 0 Å². The Labute approximate surface area is 126 Å². The Morgan fingerprint density at radius 1 is 1.42 bits per heavy atom. The summed E-state index contributed by atoms with van der Waals surface area (Å²) >= 11 is 2.14. The lowest BCUT2D eigenvalue weighted by Gasteiger charge is -2.23.